The molecule has 0 bridgehead atoms. The van der Waals surface area contributed by atoms with E-state index in [9.17, 15) is 10.1 Å². The molecule has 1 saturated heterocycles. The number of nitrogens with zero attached hydrogens (tertiary/aromatic N) is 3. The van der Waals surface area contributed by atoms with Gasteiger partial charge in [0, 0.05) is 20.2 Å². The first-order chi connectivity index (χ1) is 8.43. The number of rotatable bonds is 4. The summed E-state index contributed by atoms with van der Waals surface area (Å²) in [4.78, 5) is 10.6. The van der Waals surface area contributed by atoms with Crippen LogP contribution in [-0.2, 0) is 11.8 Å². The Labute approximate surface area is 105 Å². The highest BCUT2D eigenvalue weighted by Crippen LogP contribution is 2.30. The highest BCUT2D eigenvalue weighted by Gasteiger charge is 2.31. The zero-order valence-electron chi connectivity index (χ0n) is 10.9. The summed E-state index contributed by atoms with van der Waals surface area (Å²) in [5.41, 5.74) is 0.216. The molecule has 0 aliphatic carbocycles. The molecule has 2 heterocycles. The Hall–Kier alpha value is -1.63. The van der Waals surface area contributed by atoms with Crippen LogP contribution in [0.5, 0.6) is 0 Å². The van der Waals surface area contributed by atoms with Gasteiger partial charge in [0.25, 0.3) is 0 Å². The molecule has 0 radical (unpaired) electrons. The van der Waals surface area contributed by atoms with E-state index in [1.54, 1.807) is 14.0 Å². The second-order valence-electron chi connectivity index (χ2n) is 4.92. The largest absolute Gasteiger partial charge is 0.373 e. The summed E-state index contributed by atoms with van der Waals surface area (Å²) < 4.78 is 7.15. The fourth-order valence-corrected chi connectivity index (χ4v) is 2.31. The molecule has 1 atom stereocenters. The molecule has 18 heavy (non-hydrogen) atoms. The van der Waals surface area contributed by atoms with E-state index in [1.165, 1.54) is 4.68 Å². The minimum absolute atomic E-state index is 0.0408. The van der Waals surface area contributed by atoms with Gasteiger partial charge in [-0.3, -0.25) is 10.1 Å². The van der Waals surface area contributed by atoms with E-state index < -0.39 is 4.92 Å². The molecule has 0 saturated carbocycles. The van der Waals surface area contributed by atoms with Crippen LogP contribution in [0.15, 0.2) is 0 Å². The van der Waals surface area contributed by atoms with Crippen molar-refractivity contribution in [2.45, 2.75) is 32.3 Å². The molecule has 2 rings (SSSR count). The summed E-state index contributed by atoms with van der Waals surface area (Å²) in [5, 5.41) is 18.2. The molecule has 1 N–H and O–H groups in total. The maximum Gasteiger partial charge on any atom is 0.333 e. The SMILES string of the molecule is Cc1nn(C)c(NCC2(C)CCCO2)c1[N+](=O)[O-]. The van der Waals surface area contributed by atoms with Crippen LogP contribution in [0.3, 0.4) is 0 Å². The van der Waals surface area contributed by atoms with Gasteiger partial charge in [0.15, 0.2) is 0 Å². The fourth-order valence-electron chi connectivity index (χ4n) is 2.31. The fraction of sp³-hybridized carbons (Fsp3) is 0.727. The second kappa shape index (κ2) is 4.56. The molecule has 1 fully saturated rings. The molecule has 0 spiro atoms. The Morgan fingerprint density at radius 2 is 2.39 bits per heavy atom. The summed E-state index contributed by atoms with van der Waals surface area (Å²) in [6, 6.07) is 0. The monoisotopic (exact) mass is 254 g/mol. The zero-order valence-corrected chi connectivity index (χ0v) is 10.9. The van der Waals surface area contributed by atoms with E-state index in [1.807, 2.05) is 6.92 Å². The van der Waals surface area contributed by atoms with Crippen molar-refractivity contribution in [1.82, 2.24) is 9.78 Å². The predicted molar refractivity (Wildman–Crippen MR) is 66.7 cm³/mol. The third-order valence-corrected chi connectivity index (χ3v) is 3.30. The first-order valence-corrected chi connectivity index (χ1v) is 5.99. The first kappa shape index (κ1) is 12.8. The Balaban J connectivity index is 2.16. The van der Waals surface area contributed by atoms with Gasteiger partial charge in [-0.1, -0.05) is 0 Å². The predicted octanol–water partition coefficient (Wildman–Crippen LogP) is 1.62. The van der Waals surface area contributed by atoms with Gasteiger partial charge in [0.05, 0.1) is 10.5 Å². The van der Waals surface area contributed by atoms with Crippen LogP contribution in [0.1, 0.15) is 25.5 Å². The van der Waals surface area contributed by atoms with Crippen LogP contribution in [0.4, 0.5) is 11.5 Å². The minimum Gasteiger partial charge on any atom is -0.373 e. The molecule has 1 unspecified atom stereocenters. The number of ether oxygens (including phenoxy) is 1. The first-order valence-electron chi connectivity index (χ1n) is 5.99. The van der Waals surface area contributed by atoms with E-state index in [-0.39, 0.29) is 11.3 Å². The van der Waals surface area contributed by atoms with E-state index >= 15 is 0 Å². The van der Waals surface area contributed by atoms with Crippen molar-refractivity contribution in [3.63, 3.8) is 0 Å². The second-order valence-corrected chi connectivity index (χ2v) is 4.92. The quantitative estimate of drug-likeness (QED) is 0.652. The molecular formula is C11H18N4O3. The normalized spacial score (nSPS) is 23.3. The third-order valence-electron chi connectivity index (χ3n) is 3.30. The minimum atomic E-state index is -0.400. The van der Waals surface area contributed by atoms with Crippen LogP contribution in [0.25, 0.3) is 0 Å². The van der Waals surface area contributed by atoms with Crippen LogP contribution >= 0.6 is 0 Å². The van der Waals surface area contributed by atoms with Gasteiger partial charge in [-0.05, 0) is 26.7 Å². The van der Waals surface area contributed by atoms with Crippen molar-refractivity contribution >= 4 is 11.5 Å². The number of hydrogen-bond donors (Lipinski definition) is 1. The average molecular weight is 254 g/mol. The van der Waals surface area contributed by atoms with E-state index in [2.05, 4.69) is 10.4 Å². The van der Waals surface area contributed by atoms with Crippen molar-refractivity contribution in [3.8, 4) is 0 Å². The Bertz CT molecular complexity index is 463. The molecule has 1 aromatic heterocycles. The smallest absolute Gasteiger partial charge is 0.333 e. The zero-order chi connectivity index (χ0) is 13.3. The van der Waals surface area contributed by atoms with Gasteiger partial charge in [0.2, 0.25) is 5.82 Å². The van der Waals surface area contributed by atoms with Gasteiger partial charge in [-0.2, -0.15) is 5.10 Å². The number of aromatic nitrogens is 2. The summed E-state index contributed by atoms with van der Waals surface area (Å²) >= 11 is 0. The van der Waals surface area contributed by atoms with Gasteiger partial charge in [-0.15, -0.1) is 0 Å². The molecule has 7 nitrogen and oxygen atoms in total. The van der Waals surface area contributed by atoms with Gasteiger partial charge in [-0.25, -0.2) is 4.68 Å². The summed E-state index contributed by atoms with van der Waals surface area (Å²) in [5.74, 6) is 0.439. The lowest BCUT2D eigenvalue weighted by molar-refractivity contribution is -0.384. The maximum absolute atomic E-state index is 11.0. The molecule has 0 aromatic carbocycles. The highest BCUT2D eigenvalue weighted by molar-refractivity contribution is 5.59. The average Bonchev–Trinajstić information content (AvgIpc) is 2.81. The number of nitrogens with one attached hydrogen (secondary N) is 1. The highest BCUT2D eigenvalue weighted by atomic mass is 16.6. The summed E-state index contributed by atoms with van der Waals surface area (Å²) in [6.45, 7) is 4.96. The van der Waals surface area contributed by atoms with Crippen molar-refractivity contribution in [1.29, 1.82) is 0 Å². The van der Waals surface area contributed by atoms with Crippen molar-refractivity contribution in [2.75, 3.05) is 18.5 Å². The Kier molecular flexibility index (Phi) is 3.25. The third kappa shape index (κ3) is 2.31. The number of anilines is 1. The van der Waals surface area contributed by atoms with Crippen molar-refractivity contribution in [2.24, 2.45) is 7.05 Å². The van der Waals surface area contributed by atoms with Crippen LogP contribution in [-0.4, -0.2) is 33.5 Å². The number of hydrogen-bond acceptors (Lipinski definition) is 5. The number of nitro groups is 1. The lowest BCUT2D eigenvalue weighted by Gasteiger charge is -2.23. The lowest BCUT2D eigenvalue weighted by Crippen LogP contribution is -2.33. The standard InChI is InChI=1S/C11H18N4O3/c1-8-9(15(16)17)10(14(3)13-8)12-7-11(2)5-4-6-18-11/h12H,4-7H2,1-3H3. The Morgan fingerprint density at radius 3 is 2.94 bits per heavy atom. The Morgan fingerprint density at radius 1 is 1.67 bits per heavy atom. The van der Waals surface area contributed by atoms with Gasteiger partial charge >= 0.3 is 5.69 Å². The van der Waals surface area contributed by atoms with E-state index in [0.29, 0.717) is 18.1 Å². The molecule has 1 aliphatic heterocycles. The molecule has 7 heteroatoms. The van der Waals surface area contributed by atoms with E-state index in [4.69, 9.17) is 4.74 Å². The topological polar surface area (TPSA) is 82.2 Å². The molecule has 100 valence electrons. The molecule has 1 aliphatic rings. The van der Waals surface area contributed by atoms with Gasteiger partial charge < -0.3 is 10.1 Å². The summed E-state index contributed by atoms with van der Waals surface area (Å²) in [6.07, 6.45) is 2.00. The molecular weight excluding hydrogens is 236 g/mol. The van der Waals surface area contributed by atoms with Crippen molar-refractivity contribution in [3.05, 3.63) is 15.8 Å². The molecule has 0 amide bonds. The van der Waals surface area contributed by atoms with E-state index in [0.717, 1.165) is 19.4 Å². The molecule has 1 aromatic rings. The van der Waals surface area contributed by atoms with Crippen LogP contribution in [0.2, 0.25) is 0 Å². The maximum atomic E-state index is 11.0. The summed E-state index contributed by atoms with van der Waals surface area (Å²) in [7, 11) is 1.69. The number of aryl methyl sites for hydroxylation is 2. The van der Waals surface area contributed by atoms with Crippen LogP contribution < -0.4 is 5.32 Å². The van der Waals surface area contributed by atoms with Gasteiger partial charge in [0.1, 0.15) is 5.69 Å². The lowest BCUT2D eigenvalue weighted by atomic mass is 10.0. The van der Waals surface area contributed by atoms with Crippen LogP contribution in [0, 0.1) is 17.0 Å². The van der Waals surface area contributed by atoms with Crippen molar-refractivity contribution < 1.29 is 9.66 Å².